The monoisotopic (exact) mass is 492 g/mol. The van der Waals surface area contributed by atoms with E-state index in [2.05, 4.69) is 35.7 Å². The third-order valence-electron chi connectivity index (χ3n) is 7.14. The highest BCUT2D eigenvalue weighted by Gasteiger charge is 2.26. The number of anilines is 3. The lowest BCUT2D eigenvalue weighted by molar-refractivity contribution is 0.0815. The number of carbonyl (C=O) groups is 1. The van der Waals surface area contributed by atoms with Crippen molar-refractivity contribution < 1.29 is 9.90 Å². The molecule has 1 saturated carbocycles. The number of rotatable bonds is 7. The summed E-state index contributed by atoms with van der Waals surface area (Å²) < 4.78 is 2.12. The minimum atomic E-state index is -0.300. The van der Waals surface area contributed by atoms with Crippen LogP contribution in [0.15, 0.2) is 30.6 Å². The zero-order valence-corrected chi connectivity index (χ0v) is 21.4. The van der Waals surface area contributed by atoms with Gasteiger partial charge in [-0.1, -0.05) is 12.8 Å². The summed E-state index contributed by atoms with van der Waals surface area (Å²) in [6, 6.07) is 6.20. The Kier molecular flexibility index (Phi) is 7.06. The number of amides is 1. The molecule has 2 fully saturated rings. The standard InChI is InChI=1S/C26H36N8O2/c1-18(35)17-32-10-12-33(13-11-32)21-8-9-23(27-16-21)29-26-28-15-19-14-22(25(36)31(2)3)34(24(19)30-26)20-6-4-5-7-20/h8-9,14-16,18,20,35H,4-7,10-13,17H2,1-3H3,(H,27,28,29,30)/t18-/m1/s1. The van der Waals surface area contributed by atoms with E-state index in [-0.39, 0.29) is 18.1 Å². The molecule has 0 aromatic carbocycles. The van der Waals surface area contributed by atoms with E-state index in [0.717, 1.165) is 55.7 Å². The zero-order chi connectivity index (χ0) is 25.2. The molecular formula is C26H36N8O2. The molecular weight excluding hydrogens is 456 g/mol. The molecule has 5 rings (SSSR count). The number of pyridine rings is 1. The number of hydrogen-bond acceptors (Lipinski definition) is 8. The van der Waals surface area contributed by atoms with Gasteiger partial charge in [-0.2, -0.15) is 4.98 Å². The Hall–Kier alpha value is -3.24. The lowest BCUT2D eigenvalue weighted by Gasteiger charge is -2.36. The molecule has 10 nitrogen and oxygen atoms in total. The van der Waals surface area contributed by atoms with E-state index in [1.807, 2.05) is 25.3 Å². The van der Waals surface area contributed by atoms with E-state index in [9.17, 15) is 9.90 Å². The molecule has 0 radical (unpaired) electrons. The molecule has 0 unspecified atom stereocenters. The van der Waals surface area contributed by atoms with E-state index >= 15 is 0 Å². The molecule has 1 aliphatic carbocycles. The third kappa shape index (κ3) is 5.15. The van der Waals surface area contributed by atoms with Gasteiger partial charge >= 0.3 is 0 Å². The van der Waals surface area contributed by atoms with Crippen molar-refractivity contribution in [1.29, 1.82) is 0 Å². The molecule has 1 aliphatic heterocycles. The minimum Gasteiger partial charge on any atom is -0.392 e. The summed E-state index contributed by atoms with van der Waals surface area (Å²) in [5.74, 6) is 1.13. The van der Waals surface area contributed by atoms with Gasteiger partial charge in [0.2, 0.25) is 5.95 Å². The van der Waals surface area contributed by atoms with Gasteiger partial charge in [0.05, 0.1) is 18.0 Å². The van der Waals surface area contributed by atoms with E-state index in [1.165, 1.54) is 12.8 Å². The van der Waals surface area contributed by atoms with Crippen LogP contribution in [0.5, 0.6) is 0 Å². The van der Waals surface area contributed by atoms with Gasteiger partial charge in [0.25, 0.3) is 5.91 Å². The summed E-state index contributed by atoms with van der Waals surface area (Å²) in [4.78, 5) is 33.0. The van der Waals surface area contributed by atoms with Gasteiger partial charge < -0.3 is 24.8 Å². The van der Waals surface area contributed by atoms with Crippen molar-refractivity contribution in [3.63, 3.8) is 0 Å². The molecule has 1 atom stereocenters. The van der Waals surface area contributed by atoms with Crippen LogP contribution in [-0.4, -0.2) is 93.3 Å². The number of piperazine rings is 1. The van der Waals surface area contributed by atoms with Crippen LogP contribution in [0.4, 0.5) is 17.5 Å². The second kappa shape index (κ2) is 10.4. The third-order valence-corrected chi connectivity index (χ3v) is 7.14. The predicted octanol–water partition coefficient (Wildman–Crippen LogP) is 2.89. The Balaban J connectivity index is 1.33. The molecule has 3 aromatic rings. The maximum Gasteiger partial charge on any atom is 0.270 e. The number of nitrogens with one attached hydrogen (secondary N) is 1. The first-order valence-electron chi connectivity index (χ1n) is 12.9. The van der Waals surface area contributed by atoms with Gasteiger partial charge in [-0.3, -0.25) is 9.69 Å². The lowest BCUT2D eigenvalue weighted by Crippen LogP contribution is -2.48. The number of aliphatic hydroxyl groups is 1. The second-order valence-electron chi connectivity index (χ2n) is 10.2. The Labute approximate surface area is 211 Å². The molecule has 4 heterocycles. The van der Waals surface area contributed by atoms with Crippen molar-refractivity contribution in [2.45, 2.75) is 44.8 Å². The van der Waals surface area contributed by atoms with Gasteiger partial charge in [0, 0.05) is 64.4 Å². The first-order valence-corrected chi connectivity index (χ1v) is 12.9. The van der Waals surface area contributed by atoms with Crippen LogP contribution in [0, 0.1) is 0 Å². The van der Waals surface area contributed by atoms with E-state index in [4.69, 9.17) is 4.98 Å². The molecule has 0 bridgehead atoms. The minimum absolute atomic E-state index is 0.0154. The SMILES string of the molecule is C[C@@H](O)CN1CCN(c2ccc(Nc3ncc4cc(C(=O)N(C)C)n(C5CCCC5)c4n3)nc2)CC1. The Morgan fingerprint density at radius 2 is 1.89 bits per heavy atom. The summed E-state index contributed by atoms with van der Waals surface area (Å²) in [5.41, 5.74) is 2.54. The van der Waals surface area contributed by atoms with Gasteiger partial charge in [-0.15, -0.1) is 0 Å². The number of hydrogen-bond donors (Lipinski definition) is 2. The zero-order valence-electron chi connectivity index (χ0n) is 21.4. The summed E-state index contributed by atoms with van der Waals surface area (Å²) >= 11 is 0. The quantitative estimate of drug-likeness (QED) is 0.519. The van der Waals surface area contributed by atoms with Crippen LogP contribution in [0.1, 0.15) is 49.1 Å². The smallest absolute Gasteiger partial charge is 0.270 e. The van der Waals surface area contributed by atoms with Crippen molar-refractivity contribution in [2.75, 3.05) is 57.0 Å². The highest BCUT2D eigenvalue weighted by molar-refractivity contribution is 5.97. The summed E-state index contributed by atoms with van der Waals surface area (Å²) in [5, 5.41) is 13.7. The van der Waals surface area contributed by atoms with Crippen molar-refractivity contribution in [1.82, 2.24) is 29.3 Å². The van der Waals surface area contributed by atoms with Crippen LogP contribution < -0.4 is 10.2 Å². The van der Waals surface area contributed by atoms with Crippen molar-refractivity contribution in [2.24, 2.45) is 0 Å². The largest absolute Gasteiger partial charge is 0.392 e. The van der Waals surface area contributed by atoms with Gasteiger partial charge in [-0.25, -0.2) is 9.97 Å². The molecule has 1 saturated heterocycles. The van der Waals surface area contributed by atoms with E-state index < -0.39 is 0 Å². The Bertz CT molecular complexity index is 1190. The molecule has 10 heteroatoms. The molecule has 3 aromatic heterocycles. The number of nitrogens with zero attached hydrogens (tertiary/aromatic N) is 7. The molecule has 0 spiro atoms. The van der Waals surface area contributed by atoms with Crippen molar-refractivity contribution >= 4 is 34.4 Å². The first kappa shape index (κ1) is 24.5. The maximum atomic E-state index is 12.9. The van der Waals surface area contributed by atoms with Gasteiger partial charge in [0.15, 0.2) is 0 Å². The first-order chi connectivity index (χ1) is 17.4. The average molecular weight is 493 g/mol. The van der Waals surface area contributed by atoms with Crippen LogP contribution >= 0.6 is 0 Å². The number of aliphatic hydroxyl groups excluding tert-OH is 1. The van der Waals surface area contributed by atoms with Crippen LogP contribution in [0.25, 0.3) is 11.0 Å². The van der Waals surface area contributed by atoms with E-state index in [1.54, 1.807) is 25.2 Å². The Morgan fingerprint density at radius 3 is 2.53 bits per heavy atom. The van der Waals surface area contributed by atoms with Crippen LogP contribution in [-0.2, 0) is 0 Å². The van der Waals surface area contributed by atoms with Crippen molar-refractivity contribution in [3.05, 3.63) is 36.3 Å². The number of aromatic nitrogens is 4. The molecule has 192 valence electrons. The van der Waals surface area contributed by atoms with E-state index in [0.29, 0.717) is 24.0 Å². The Morgan fingerprint density at radius 1 is 1.14 bits per heavy atom. The average Bonchev–Trinajstić information content (AvgIpc) is 3.52. The normalized spacial score (nSPS) is 18.1. The maximum absolute atomic E-state index is 12.9. The molecule has 2 aliphatic rings. The van der Waals surface area contributed by atoms with Gasteiger partial charge in [-0.05, 0) is 38.0 Å². The highest BCUT2D eigenvalue weighted by atomic mass is 16.3. The second-order valence-corrected chi connectivity index (χ2v) is 10.2. The topological polar surface area (TPSA) is 103 Å². The number of fused-ring (bicyclic) bond motifs is 1. The molecule has 36 heavy (non-hydrogen) atoms. The fourth-order valence-electron chi connectivity index (χ4n) is 5.32. The van der Waals surface area contributed by atoms with Crippen molar-refractivity contribution in [3.8, 4) is 0 Å². The summed E-state index contributed by atoms with van der Waals surface area (Å²) in [7, 11) is 3.56. The highest BCUT2D eigenvalue weighted by Crippen LogP contribution is 2.35. The fourth-order valence-corrected chi connectivity index (χ4v) is 5.32. The fraction of sp³-hybridized carbons (Fsp3) is 0.538. The number of carbonyl (C=O) groups excluding carboxylic acids is 1. The summed E-state index contributed by atoms with van der Waals surface area (Å²) in [6.45, 7) is 6.22. The summed E-state index contributed by atoms with van der Waals surface area (Å²) in [6.07, 6.45) is 7.81. The lowest BCUT2D eigenvalue weighted by atomic mass is 10.2. The molecule has 2 N–H and O–H groups in total. The molecule has 1 amide bonds. The van der Waals surface area contributed by atoms with Crippen LogP contribution in [0.3, 0.4) is 0 Å². The van der Waals surface area contributed by atoms with Crippen LogP contribution in [0.2, 0.25) is 0 Å². The number of β-amino-alcohol motifs (C(OH)–C–C–N with tert-alkyl or cyclic N) is 1. The van der Waals surface area contributed by atoms with Gasteiger partial charge in [0.1, 0.15) is 17.2 Å². The predicted molar refractivity (Wildman–Crippen MR) is 141 cm³/mol.